The quantitative estimate of drug-likeness (QED) is 0.115. The highest BCUT2D eigenvalue weighted by Gasteiger charge is 2.28. The van der Waals surface area contributed by atoms with Crippen molar-refractivity contribution in [3.63, 3.8) is 0 Å². The number of hydrogen-bond acceptors (Lipinski definition) is 17. The number of amides is 1. The lowest BCUT2D eigenvalue weighted by Gasteiger charge is -2.36. The van der Waals surface area contributed by atoms with Gasteiger partial charge in [-0.3, -0.25) is 47.1 Å². The van der Waals surface area contributed by atoms with E-state index in [1.807, 2.05) is 173 Å². The van der Waals surface area contributed by atoms with Crippen LogP contribution in [0.3, 0.4) is 0 Å². The number of piperazine rings is 2. The minimum absolute atomic E-state index is 0.0583. The number of nitriles is 4. The average Bonchev–Trinajstić information content (AvgIpc) is 1.60. The van der Waals surface area contributed by atoms with Gasteiger partial charge in [0.05, 0.1) is 131 Å². The number of benzene rings is 8. The molecule has 8 aromatic carbocycles. The average molecular weight is 1560 g/mol. The van der Waals surface area contributed by atoms with Crippen molar-refractivity contribution in [2.24, 2.45) is 21.1 Å². The molecule has 115 heavy (non-hydrogen) atoms. The van der Waals surface area contributed by atoms with Crippen molar-refractivity contribution in [1.82, 2.24) is 62.5 Å². The fourth-order valence-corrected chi connectivity index (χ4v) is 15.6. The van der Waals surface area contributed by atoms with Gasteiger partial charge in [-0.2, -0.15) is 21.0 Å². The van der Waals surface area contributed by atoms with E-state index < -0.39 is 0 Å². The summed E-state index contributed by atoms with van der Waals surface area (Å²) in [5.74, 6) is 0.720. The summed E-state index contributed by atoms with van der Waals surface area (Å²) in [4.78, 5) is 79.6. The molecule has 2 N–H and O–H groups in total. The number of nitrogens with zero attached hydrogens (tertiary/aromatic N) is 18. The molecule has 2 aliphatic rings. The fraction of sp³-hybridized carbons (Fsp3) is 0.213. The van der Waals surface area contributed by atoms with Gasteiger partial charge >= 0.3 is 17.1 Å². The number of anilines is 3. The van der Waals surface area contributed by atoms with Crippen LogP contribution in [-0.4, -0.2) is 143 Å². The number of halogens is 2. The first kappa shape index (κ1) is 76.6. The molecule has 9 heterocycles. The number of fused-ring (bicyclic) bond motifs is 9. The van der Waals surface area contributed by atoms with Crippen LogP contribution < -0.4 is 37.5 Å². The zero-order chi connectivity index (χ0) is 80.8. The van der Waals surface area contributed by atoms with Crippen molar-refractivity contribution in [2.45, 2.75) is 27.7 Å². The molecule has 0 aliphatic carbocycles. The van der Waals surface area contributed by atoms with Crippen LogP contribution in [0.1, 0.15) is 46.0 Å². The summed E-state index contributed by atoms with van der Waals surface area (Å²) >= 11 is 12.2. The highest BCUT2D eigenvalue weighted by Crippen LogP contribution is 2.38. The van der Waals surface area contributed by atoms with Gasteiger partial charge in [-0.15, -0.1) is 0 Å². The molecule has 1 amide bonds. The summed E-state index contributed by atoms with van der Waals surface area (Å²) in [7, 11) is 9.20. The van der Waals surface area contributed by atoms with Gasteiger partial charge in [-0.25, -0.2) is 19.4 Å². The van der Waals surface area contributed by atoms with Gasteiger partial charge in [0, 0.05) is 120 Å². The van der Waals surface area contributed by atoms with Crippen LogP contribution in [0.25, 0.3) is 116 Å². The fourth-order valence-electron chi connectivity index (χ4n) is 15.4. The molecule has 572 valence electrons. The largest absolute Gasteiger partial charge is 0.383 e. The Kier molecular flexibility index (Phi) is 21.2. The molecular formula is C89H78Cl2N20O4. The number of aromatic nitrogens is 10. The van der Waals surface area contributed by atoms with Gasteiger partial charge in [-0.1, -0.05) is 77.8 Å². The Hall–Kier alpha value is -13.7. The standard InChI is InChI=1S/C31H27ClN6O2.C30H27N7O.C28H24ClN7O/c1-19-14-28(37-12-10-36(11-13-37)20(2)39)23(17-33)16-27(19)38-30-25-15-22(21-4-7-24(32)8-5-21)6-9-26(25)34-18-29(30)35(3)31(38)40;1-19-12-26(33-10-11-35(2)3)23(17-32)15-27(19)37-29-24-14-22(21-7-5-6-20(13-21)16-31)8-9-25(24)34-18-28(29)36(4)30(37)38;1-17-24(14-20(15-30)27(33-17)35-11-9-31-10-12-35)36-26-22-13-19(18-3-6-21(29)7-4-18)5-8-23(22)32-16-25(26)34(2)28(36)37/h4-9,14-16,18H,10-13H2,1-3H3;5-9,12-15,18,33H,10-11H2,1-4H3;3-8,13-14,16,31H,9-12H2,1-2H3. The molecule has 26 heteroatoms. The maximum Gasteiger partial charge on any atom is 0.333 e. The first-order valence-corrected chi connectivity index (χ1v) is 38.2. The summed E-state index contributed by atoms with van der Waals surface area (Å²) in [5, 5.41) is 49.9. The minimum atomic E-state index is -0.218. The van der Waals surface area contributed by atoms with Crippen molar-refractivity contribution < 1.29 is 4.79 Å². The zero-order valence-corrected chi connectivity index (χ0v) is 66.3. The molecule has 2 aliphatic heterocycles. The predicted octanol–water partition coefficient (Wildman–Crippen LogP) is 13.8. The SMILES string of the molecule is CC(=O)N1CCN(c2cc(C)c(-n3c(=O)n(C)c4cnc5ccc(-c6ccc(Cl)cc6)cc5c43)cc2C#N)CC1.Cc1cc(NCCN(C)C)c(C#N)cc1-n1c(=O)n(C)c2cnc3ccc(-c4cccc(C#N)c4)cc3c21.Cc1nc(N2CCNCC2)c(C#N)cc1-n1c(=O)n(C)c2cnc3ccc(-c4ccc(Cl)cc4)cc3c21. The second kappa shape index (κ2) is 31.8. The minimum Gasteiger partial charge on any atom is -0.383 e. The smallest absolute Gasteiger partial charge is 0.333 e. The summed E-state index contributed by atoms with van der Waals surface area (Å²) in [6.45, 7) is 14.6. The van der Waals surface area contributed by atoms with Crippen molar-refractivity contribution >= 4 is 112 Å². The second-order valence-corrected chi connectivity index (χ2v) is 29.9. The normalized spacial score (nSPS) is 12.9. The van der Waals surface area contributed by atoms with Crippen molar-refractivity contribution in [3.8, 4) is 74.7 Å². The van der Waals surface area contributed by atoms with E-state index in [1.54, 1.807) is 98.3 Å². The van der Waals surface area contributed by atoms with E-state index in [4.69, 9.17) is 28.2 Å². The molecular weight excluding hydrogens is 1480 g/mol. The lowest BCUT2D eigenvalue weighted by molar-refractivity contribution is -0.129. The first-order valence-electron chi connectivity index (χ1n) is 37.4. The molecule has 15 aromatic rings. The summed E-state index contributed by atoms with van der Waals surface area (Å²) < 4.78 is 9.80. The monoisotopic (exact) mass is 1560 g/mol. The number of nitrogens with one attached hydrogen (secondary N) is 2. The van der Waals surface area contributed by atoms with E-state index in [2.05, 4.69) is 64.6 Å². The van der Waals surface area contributed by atoms with Gasteiger partial charge < -0.3 is 30.2 Å². The third-order valence-electron chi connectivity index (χ3n) is 21.6. The molecule has 0 atom stereocenters. The number of rotatable bonds is 12. The van der Waals surface area contributed by atoms with E-state index in [1.165, 1.54) is 0 Å². The summed E-state index contributed by atoms with van der Waals surface area (Å²) in [6, 6.07) is 59.1. The van der Waals surface area contributed by atoms with Crippen LogP contribution in [0, 0.1) is 66.1 Å². The van der Waals surface area contributed by atoms with Crippen LogP contribution >= 0.6 is 23.2 Å². The number of pyridine rings is 4. The predicted molar refractivity (Wildman–Crippen MR) is 455 cm³/mol. The van der Waals surface area contributed by atoms with Crippen LogP contribution in [0.5, 0.6) is 0 Å². The number of aryl methyl sites for hydroxylation is 6. The Morgan fingerprint density at radius 1 is 0.487 bits per heavy atom. The van der Waals surface area contributed by atoms with Gasteiger partial charge in [0.1, 0.15) is 24.0 Å². The maximum atomic E-state index is 13.7. The Balaban J connectivity index is 0.000000136. The van der Waals surface area contributed by atoms with Crippen molar-refractivity contribution in [3.05, 3.63) is 257 Å². The van der Waals surface area contributed by atoms with Crippen molar-refractivity contribution in [2.75, 3.05) is 94.7 Å². The van der Waals surface area contributed by atoms with Gasteiger partial charge in [-0.05, 0) is 183 Å². The van der Waals surface area contributed by atoms with E-state index in [-0.39, 0.29) is 23.0 Å². The topological polar surface area (TPSA) is 282 Å². The van der Waals surface area contributed by atoms with Gasteiger partial charge in [0.2, 0.25) is 5.91 Å². The molecule has 0 bridgehead atoms. The van der Waals surface area contributed by atoms with E-state index in [0.717, 1.165) is 138 Å². The summed E-state index contributed by atoms with van der Waals surface area (Å²) in [6.07, 6.45) is 5.16. The molecule has 2 fully saturated rings. The molecule has 2 saturated heterocycles. The van der Waals surface area contributed by atoms with E-state index in [0.29, 0.717) is 110 Å². The first-order chi connectivity index (χ1) is 55.5. The van der Waals surface area contributed by atoms with E-state index in [9.17, 15) is 40.2 Å². The number of likely N-dealkylation sites (N-methyl/N-ethyl adjacent to an activating group) is 1. The summed E-state index contributed by atoms with van der Waals surface area (Å²) in [5.41, 5.74) is 19.6. The third kappa shape index (κ3) is 14.5. The Labute approximate surface area is 671 Å². The molecule has 17 rings (SSSR count). The van der Waals surface area contributed by atoms with Crippen LogP contribution in [-0.2, 0) is 25.9 Å². The van der Waals surface area contributed by atoms with Gasteiger partial charge in [0.25, 0.3) is 0 Å². The molecule has 0 radical (unpaired) electrons. The lowest BCUT2D eigenvalue weighted by Crippen LogP contribution is -2.48. The van der Waals surface area contributed by atoms with Crippen LogP contribution in [0.2, 0.25) is 10.0 Å². The molecule has 24 nitrogen and oxygen atoms in total. The Morgan fingerprint density at radius 2 is 0.922 bits per heavy atom. The van der Waals surface area contributed by atoms with Crippen LogP contribution in [0.15, 0.2) is 191 Å². The highest BCUT2D eigenvalue weighted by molar-refractivity contribution is 6.31. The maximum absolute atomic E-state index is 13.7. The molecule has 0 unspecified atom stereocenters. The Morgan fingerprint density at radius 3 is 1.38 bits per heavy atom. The lowest BCUT2D eigenvalue weighted by atomic mass is 10.0. The van der Waals surface area contributed by atoms with Crippen molar-refractivity contribution in [1.29, 1.82) is 21.0 Å². The second-order valence-electron chi connectivity index (χ2n) is 29.0. The number of imidazole rings is 3. The van der Waals surface area contributed by atoms with Crippen LogP contribution in [0.4, 0.5) is 17.2 Å². The molecule has 0 saturated carbocycles. The third-order valence-corrected chi connectivity index (χ3v) is 22.1. The zero-order valence-electron chi connectivity index (χ0n) is 64.8. The number of carbonyl (C=O) groups excluding carboxylic acids is 1. The van der Waals surface area contributed by atoms with Gasteiger partial charge in [0.15, 0.2) is 0 Å². The molecule has 0 spiro atoms. The van der Waals surface area contributed by atoms with E-state index >= 15 is 0 Å². The number of hydrogen-bond donors (Lipinski definition) is 2. The number of carbonyl (C=O) groups is 1. The molecule has 7 aromatic heterocycles. The Bertz CT molecular complexity index is 6830. The highest BCUT2D eigenvalue weighted by atomic mass is 35.5.